The first-order chi connectivity index (χ1) is 16.2. The van der Waals surface area contributed by atoms with Crippen molar-refractivity contribution in [2.24, 2.45) is 11.8 Å². The number of aromatic nitrogens is 2. The summed E-state index contributed by atoms with van der Waals surface area (Å²) in [6.45, 7) is 1.90. The number of methoxy groups -OCH3 is 1. The van der Waals surface area contributed by atoms with Crippen molar-refractivity contribution < 1.29 is 22.7 Å². The molecule has 2 saturated heterocycles. The second kappa shape index (κ2) is 8.79. The summed E-state index contributed by atoms with van der Waals surface area (Å²) in [6, 6.07) is 5.79. The molecular formula is C23H27F3N6O2. The Bertz CT molecular complexity index is 1030. The van der Waals surface area contributed by atoms with Crippen LogP contribution in [0.5, 0.6) is 5.75 Å². The fourth-order valence-corrected chi connectivity index (χ4v) is 4.87. The van der Waals surface area contributed by atoms with Crippen molar-refractivity contribution in [2.45, 2.75) is 56.8 Å². The van der Waals surface area contributed by atoms with Gasteiger partial charge in [0.15, 0.2) is 0 Å². The predicted molar refractivity (Wildman–Crippen MR) is 116 cm³/mol. The Morgan fingerprint density at radius 1 is 1.18 bits per heavy atom. The Kier molecular flexibility index (Phi) is 5.95. The number of hydrogen-bond acceptors (Lipinski definition) is 7. The van der Waals surface area contributed by atoms with E-state index >= 15 is 0 Å². The van der Waals surface area contributed by atoms with Crippen molar-refractivity contribution in [2.75, 3.05) is 7.11 Å². The van der Waals surface area contributed by atoms with Crippen molar-refractivity contribution in [3.8, 4) is 5.75 Å². The largest absolute Gasteiger partial charge is 0.495 e. The molecule has 182 valence electrons. The first-order valence-electron chi connectivity index (χ1n) is 11.4. The molecule has 3 fully saturated rings. The zero-order valence-corrected chi connectivity index (χ0v) is 18.8. The zero-order valence-electron chi connectivity index (χ0n) is 18.8. The Hall–Kier alpha value is -2.76. The van der Waals surface area contributed by atoms with Crippen molar-refractivity contribution in [1.29, 1.82) is 0 Å². The van der Waals surface area contributed by atoms with Gasteiger partial charge in [-0.15, -0.1) is 0 Å². The summed E-state index contributed by atoms with van der Waals surface area (Å²) in [5.74, 6) is 0.717. The average molecular weight is 477 g/mol. The highest BCUT2D eigenvalue weighted by Crippen LogP contribution is 2.43. The number of carbonyl (C=O) groups is 1. The molecule has 0 bridgehead atoms. The number of nitrogens with one attached hydrogen (secondary N) is 3. The highest BCUT2D eigenvalue weighted by atomic mass is 19.4. The van der Waals surface area contributed by atoms with Crippen LogP contribution in [0.25, 0.3) is 0 Å². The number of halogens is 3. The molecular weight excluding hydrogens is 449 g/mol. The van der Waals surface area contributed by atoms with Crippen LogP contribution in [0.1, 0.15) is 42.8 Å². The standard InChI is InChI=1S/C23H27F3N6O2/c1-12(14-5-8-17(28-10-14)23(24,25)26)32-21-19(20(31-32)13-3-4-13)22(33)30-18(29-21)9-15-6-7-16(34-2)11-27-15/h5-8,10-13,18-21,29,31H,3-4,9H2,1-2H3,(H,30,33). The molecule has 0 aromatic carbocycles. The number of pyridine rings is 2. The van der Waals surface area contributed by atoms with Gasteiger partial charge in [0.25, 0.3) is 0 Å². The first-order valence-corrected chi connectivity index (χ1v) is 11.4. The Balaban J connectivity index is 1.36. The van der Waals surface area contributed by atoms with Gasteiger partial charge in [-0.25, -0.2) is 10.4 Å². The lowest BCUT2D eigenvalue weighted by Crippen LogP contribution is -2.65. The lowest BCUT2D eigenvalue weighted by atomic mass is 9.91. The SMILES string of the molecule is COc1ccc(CC2NC(=O)C3C(C4CC4)NN(C(C)c4ccc(C(F)(F)F)nc4)C3N2)nc1. The van der Waals surface area contributed by atoms with Crippen LogP contribution in [-0.2, 0) is 17.4 Å². The molecule has 5 atom stereocenters. The van der Waals surface area contributed by atoms with Crippen LogP contribution in [-0.4, -0.2) is 46.4 Å². The summed E-state index contributed by atoms with van der Waals surface area (Å²) in [7, 11) is 1.57. The number of hydrogen-bond donors (Lipinski definition) is 3. The summed E-state index contributed by atoms with van der Waals surface area (Å²) in [5.41, 5.74) is 4.01. The lowest BCUT2D eigenvalue weighted by Gasteiger charge is -2.39. The maximum Gasteiger partial charge on any atom is 0.433 e. The third kappa shape index (κ3) is 4.47. The minimum absolute atomic E-state index is 0.0255. The van der Waals surface area contributed by atoms with Crippen LogP contribution in [0.3, 0.4) is 0 Å². The number of fused-ring (bicyclic) bond motifs is 1. The van der Waals surface area contributed by atoms with E-state index in [0.29, 0.717) is 23.7 Å². The molecule has 4 heterocycles. The van der Waals surface area contributed by atoms with E-state index in [-0.39, 0.29) is 36.2 Å². The van der Waals surface area contributed by atoms with E-state index in [2.05, 4.69) is 26.0 Å². The van der Waals surface area contributed by atoms with Crippen molar-refractivity contribution >= 4 is 5.91 Å². The van der Waals surface area contributed by atoms with Gasteiger partial charge >= 0.3 is 6.18 Å². The van der Waals surface area contributed by atoms with Crippen LogP contribution < -0.4 is 20.8 Å². The predicted octanol–water partition coefficient (Wildman–Crippen LogP) is 2.39. The normalized spacial score (nSPS) is 28.3. The molecule has 1 aliphatic carbocycles. The van der Waals surface area contributed by atoms with Gasteiger partial charge in [-0.1, -0.05) is 6.07 Å². The minimum atomic E-state index is -4.48. The summed E-state index contributed by atoms with van der Waals surface area (Å²) in [5, 5.41) is 8.57. The Labute approximate surface area is 195 Å². The second-order valence-corrected chi connectivity index (χ2v) is 9.14. The first kappa shape index (κ1) is 23.0. The lowest BCUT2D eigenvalue weighted by molar-refractivity contribution is -0.141. The quantitative estimate of drug-likeness (QED) is 0.590. The Morgan fingerprint density at radius 2 is 1.97 bits per heavy atom. The van der Waals surface area contributed by atoms with Crippen LogP contribution in [0.2, 0.25) is 0 Å². The smallest absolute Gasteiger partial charge is 0.433 e. The fourth-order valence-electron chi connectivity index (χ4n) is 4.87. The number of rotatable bonds is 6. The third-order valence-corrected chi connectivity index (χ3v) is 6.87. The van der Waals surface area contributed by atoms with Gasteiger partial charge in [0.05, 0.1) is 31.6 Å². The maximum atomic E-state index is 13.2. The molecule has 11 heteroatoms. The molecule has 34 heavy (non-hydrogen) atoms. The molecule has 5 unspecified atom stereocenters. The number of carbonyl (C=O) groups excluding carboxylic acids is 1. The van der Waals surface area contributed by atoms with E-state index in [0.717, 1.165) is 24.6 Å². The molecule has 3 N–H and O–H groups in total. The summed E-state index contributed by atoms with van der Waals surface area (Å²) in [4.78, 5) is 21.2. The van der Waals surface area contributed by atoms with E-state index < -0.39 is 11.9 Å². The highest BCUT2D eigenvalue weighted by molar-refractivity contribution is 5.81. The zero-order chi connectivity index (χ0) is 24.0. The molecule has 8 nitrogen and oxygen atoms in total. The number of nitrogens with zero attached hydrogens (tertiary/aromatic N) is 3. The summed E-state index contributed by atoms with van der Waals surface area (Å²) < 4.78 is 44.0. The maximum absolute atomic E-state index is 13.2. The molecule has 1 amide bonds. The van der Waals surface area contributed by atoms with Gasteiger partial charge in [-0.05, 0) is 49.4 Å². The van der Waals surface area contributed by atoms with E-state index in [9.17, 15) is 18.0 Å². The third-order valence-electron chi connectivity index (χ3n) is 6.87. The number of ether oxygens (including phenoxy) is 1. The fraction of sp³-hybridized carbons (Fsp3) is 0.522. The van der Waals surface area contributed by atoms with Crippen molar-refractivity contribution in [3.05, 3.63) is 53.6 Å². The van der Waals surface area contributed by atoms with Gasteiger partial charge in [0.1, 0.15) is 11.4 Å². The molecule has 2 aromatic heterocycles. The molecule has 0 radical (unpaired) electrons. The Morgan fingerprint density at radius 3 is 2.56 bits per heavy atom. The topological polar surface area (TPSA) is 91.4 Å². The van der Waals surface area contributed by atoms with E-state index in [1.54, 1.807) is 13.3 Å². The minimum Gasteiger partial charge on any atom is -0.495 e. The van der Waals surface area contributed by atoms with Gasteiger partial charge in [-0.3, -0.25) is 20.1 Å². The van der Waals surface area contributed by atoms with Crippen LogP contribution in [0, 0.1) is 11.8 Å². The van der Waals surface area contributed by atoms with Gasteiger partial charge < -0.3 is 10.1 Å². The van der Waals surface area contributed by atoms with Gasteiger partial charge in [-0.2, -0.15) is 13.2 Å². The highest BCUT2D eigenvalue weighted by Gasteiger charge is 2.55. The monoisotopic (exact) mass is 476 g/mol. The van der Waals surface area contributed by atoms with E-state index in [4.69, 9.17) is 4.74 Å². The molecule has 1 saturated carbocycles. The van der Waals surface area contributed by atoms with Crippen LogP contribution in [0.4, 0.5) is 13.2 Å². The molecule has 5 rings (SSSR count). The van der Waals surface area contributed by atoms with Crippen LogP contribution >= 0.6 is 0 Å². The van der Waals surface area contributed by atoms with Crippen molar-refractivity contribution in [3.63, 3.8) is 0 Å². The second-order valence-electron chi connectivity index (χ2n) is 9.14. The molecule has 2 aliphatic heterocycles. The van der Waals surface area contributed by atoms with Crippen LogP contribution in [0.15, 0.2) is 36.7 Å². The average Bonchev–Trinajstić information content (AvgIpc) is 3.59. The molecule has 0 spiro atoms. The van der Waals surface area contributed by atoms with E-state index in [1.165, 1.54) is 12.3 Å². The molecule has 3 aliphatic rings. The van der Waals surface area contributed by atoms with Crippen molar-refractivity contribution in [1.82, 2.24) is 31.0 Å². The number of amides is 1. The number of alkyl halides is 3. The van der Waals surface area contributed by atoms with Gasteiger partial charge in [0, 0.05) is 30.4 Å². The molecule has 2 aromatic rings. The summed E-state index contributed by atoms with van der Waals surface area (Å²) >= 11 is 0. The van der Waals surface area contributed by atoms with E-state index in [1.807, 2.05) is 24.1 Å². The summed E-state index contributed by atoms with van der Waals surface area (Å²) in [6.07, 6.45) is 0.341. The van der Waals surface area contributed by atoms with Gasteiger partial charge in [0.2, 0.25) is 5.91 Å². The number of hydrazine groups is 1.